The van der Waals surface area contributed by atoms with Crippen molar-refractivity contribution in [2.75, 3.05) is 51.7 Å². The predicted octanol–water partition coefficient (Wildman–Crippen LogP) is 2.37. The number of rotatable bonds is 7. The number of carbonyl (C=O) groups is 3. The highest BCUT2D eigenvalue weighted by atomic mass is 16.2. The van der Waals surface area contributed by atoms with Crippen LogP contribution in [0.4, 0.5) is 5.69 Å². The van der Waals surface area contributed by atoms with Gasteiger partial charge in [-0.2, -0.15) is 0 Å². The number of carbonyl (C=O) groups excluding carboxylic acids is 3. The third kappa shape index (κ3) is 6.06. The van der Waals surface area contributed by atoms with Crippen molar-refractivity contribution in [3.05, 3.63) is 29.8 Å². The Labute approximate surface area is 185 Å². The summed E-state index contributed by atoms with van der Waals surface area (Å²) in [5.74, 6) is 0.191. The van der Waals surface area contributed by atoms with Crippen LogP contribution in [0, 0.1) is 11.3 Å². The Morgan fingerprint density at radius 3 is 2.29 bits per heavy atom. The van der Waals surface area contributed by atoms with Gasteiger partial charge < -0.3 is 20.0 Å². The van der Waals surface area contributed by atoms with Crippen LogP contribution in [-0.2, 0) is 9.59 Å². The molecule has 1 N–H and O–H groups in total. The van der Waals surface area contributed by atoms with Gasteiger partial charge in [-0.3, -0.25) is 14.4 Å². The standard InChI is InChI=1S/C24H36N4O3/c1-24(2,17-26(3)4)16-25-22(30)18-11-14-27(15-12-18)23(31)19-7-9-20(10-8-19)28-13-5-6-21(28)29/h7-10,18H,5-6,11-17H2,1-4H3,(H,25,30). The summed E-state index contributed by atoms with van der Waals surface area (Å²) in [7, 11) is 4.07. The second kappa shape index (κ2) is 9.81. The van der Waals surface area contributed by atoms with E-state index in [1.165, 1.54) is 0 Å². The lowest BCUT2D eigenvalue weighted by Crippen LogP contribution is -2.46. The van der Waals surface area contributed by atoms with Crippen molar-refractivity contribution in [3.8, 4) is 0 Å². The molecule has 0 atom stereocenters. The fourth-order valence-corrected chi connectivity index (χ4v) is 4.62. The van der Waals surface area contributed by atoms with Crippen molar-refractivity contribution in [2.45, 2.75) is 39.5 Å². The summed E-state index contributed by atoms with van der Waals surface area (Å²) >= 11 is 0. The Hall–Kier alpha value is -2.41. The molecule has 2 fully saturated rings. The molecule has 1 aromatic rings. The molecule has 2 heterocycles. The Kier molecular flexibility index (Phi) is 7.36. The van der Waals surface area contributed by atoms with Crippen LogP contribution in [0.5, 0.6) is 0 Å². The van der Waals surface area contributed by atoms with Gasteiger partial charge in [0.1, 0.15) is 0 Å². The van der Waals surface area contributed by atoms with E-state index in [1.807, 2.05) is 31.1 Å². The smallest absolute Gasteiger partial charge is 0.253 e. The van der Waals surface area contributed by atoms with Crippen LogP contribution in [0.25, 0.3) is 0 Å². The molecule has 0 bridgehead atoms. The van der Waals surface area contributed by atoms with Gasteiger partial charge in [-0.15, -0.1) is 0 Å². The van der Waals surface area contributed by atoms with Gasteiger partial charge >= 0.3 is 0 Å². The molecular weight excluding hydrogens is 392 g/mol. The quantitative estimate of drug-likeness (QED) is 0.724. The first kappa shape index (κ1) is 23.3. The minimum absolute atomic E-state index is 0.00901. The van der Waals surface area contributed by atoms with E-state index in [9.17, 15) is 14.4 Å². The van der Waals surface area contributed by atoms with Gasteiger partial charge in [0.05, 0.1) is 0 Å². The Balaban J connectivity index is 1.48. The van der Waals surface area contributed by atoms with Gasteiger partial charge in [-0.25, -0.2) is 0 Å². The molecule has 3 amide bonds. The van der Waals surface area contributed by atoms with Crippen molar-refractivity contribution >= 4 is 23.4 Å². The van der Waals surface area contributed by atoms with Crippen LogP contribution in [0.15, 0.2) is 24.3 Å². The number of benzene rings is 1. The number of nitrogens with one attached hydrogen (secondary N) is 1. The zero-order chi connectivity index (χ0) is 22.6. The molecule has 31 heavy (non-hydrogen) atoms. The van der Waals surface area contributed by atoms with Gasteiger partial charge in [-0.05, 0) is 63.0 Å². The normalized spacial score (nSPS) is 18.0. The number of likely N-dealkylation sites (tertiary alicyclic amines) is 1. The fourth-order valence-electron chi connectivity index (χ4n) is 4.62. The minimum Gasteiger partial charge on any atom is -0.355 e. The zero-order valence-corrected chi connectivity index (χ0v) is 19.3. The van der Waals surface area contributed by atoms with Crippen molar-refractivity contribution in [1.82, 2.24) is 15.1 Å². The maximum Gasteiger partial charge on any atom is 0.253 e. The van der Waals surface area contributed by atoms with Crippen molar-refractivity contribution in [3.63, 3.8) is 0 Å². The molecule has 0 unspecified atom stereocenters. The molecule has 0 radical (unpaired) electrons. The average molecular weight is 429 g/mol. The summed E-state index contributed by atoms with van der Waals surface area (Å²) in [6, 6.07) is 7.31. The molecule has 2 aliphatic heterocycles. The number of amides is 3. The molecule has 0 aliphatic carbocycles. The van der Waals surface area contributed by atoms with Crippen molar-refractivity contribution < 1.29 is 14.4 Å². The number of anilines is 1. The summed E-state index contributed by atoms with van der Waals surface area (Å²) in [6.45, 7) is 7.78. The first-order valence-corrected chi connectivity index (χ1v) is 11.3. The van der Waals surface area contributed by atoms with Crippen LogP contribution < -0.4 is 10.2 Å². The van der Waals surface area contributed by atoms with E-state index in [0.29, 0.717) is 44.5 Å². The highest BCUT2D eigenvalue weighted by Crippen LogP contribution is 2.24. The summed E-state index contributed by atoms with van der Waals surface area (Å²) in [4.78, 5) is 43.1. The fraction of sp³-hybridized carbons (Fsp3) is 0.625. The van der Waals surface area contributed by atoms with Gasteiger partial charge in [0, 0.05) is 56.3 Å². The molecule has 0 spiro atoms. The maximum absolute atomic E-state index is 12.9. The van der Waals surface area contributed by atoms with Crippen molar-refractivity contribution in [2.24, 2.45) is 11.3 Å². The zero-order valence-electron chi connectivity index (χ0n) is 19.3. The molecule has 7 heteroatoms. The summed E-state index contributed by atoms with van der Waals surface area (Å²) in [5.41, 5.74) is 1.50. The highest BCUT2D eigenvalue weighted by Gasteiger charge is 2.29. The molecule has 3 rings (SSSR count). The molecule has 2 aliphatic rings. The van der Waals surface area contributed by atoms with Crippen LogP contribution in [0.1, 0.15) is 49.9 Å². The van der Waals surface area contributed by atoms with Gasteiger partial charge in [0.15, 0.2) is 0 Å². The second-order valence-corrected chi connectivity index (χ2v) is 9.88. The van der Waals surface area contributed by atoms with Crippen LogP contribution in [0.3, 0.4) is 0 Å². The van der Waals surface area contributed by atoms with E-state index in [-0.39, 0.29) is 29.1 Å². The third-order valence-electron chi connectivity index (χ3n) is 6.14. The number of hydrogen-bond acceptors (Lipinski definition) is 4. The lowest BCUT2D eigenvalue weighted by Gasteiger charge is -2.33. The van der Waals surface area contributed by atoms with E-state index in [1.54, 1.807) is 17.0 Å². The SMILES string of the molecule is CN(C)CC(C)(C)CNC(=O)C1CCN(C(=O)c2ccc(N3CCCC3=O)cc2)CC1. The molecule has 0 aromatic heterocycles. The molecule has 170 valence electrons. The molecule has 7 nitrogen and oxygen atoms in total. The van der Waals surface area contributed by atoms with E-state index >= 15 is 0 Å². The minimum atomic E-state index is -0.0391. The monoisotopic (exact) mass is 428 g/mol. The number of hydrogen-bond donors (Lipinski definition) is 1. The third-order valence-corrected chi connectivity index (χ3v) is 6.14. The van der Waals surface area contributed by atoms with Crippen LogP contribution >= 0.6 is 0 Å². The van der Waals surface area contributed by atoms with Gasteiger partial charge in [0.25, 0.3) is 5.91 Å². The molecule has 0 saturated carbocycles. The van der Waals surface area contributed by atoms with Gasteiger partial charge in [-0.1, -0.05) is 13.8 Å². The average Bonchev–Trinajstić information content (AvgIpc) is 3.17. The molecule has 1 aromatic carbocycles. The Morgan fingerprint density at radius 1 is 1.10 bits per heavy atom. The van der Waals surface area contributed by atoms with Gasteiger partial charge in [0.2, 0.25) is 11.8 Å². The largest absolute Gasteiger partial charge is 0.355 e. The van der Waals surface area contributed by atoms with Crippen molar-refractivity contribution in [1.29, 1.82) is 0 Å². The predicted molar refractivity (Wildman–Crippen MR) is 122 cm³/mol. The van der Waals surface area contributed by atoms with E-state index < -0.39 is 0 Å². The van der Waals surface area contributed by atoms with E-state index in [2.05, 4.69) is 24.1 Å². The van der Waals surface area contributed by atoms with Crippen LogP contribution in [-0.4, -0.2) is 74.3 Å². The van der Waals surface area contributed by atoms with Crippen LogP contribution in [0.2, 0.25) is 0 Å². The first-order chi connectivity index (χ1) is 14.7. The summed E-state index contributed by atoms with van der Waals surface area (Å²) < 4.78 is 0. The summed E-state index contributed by atoms with van der Waals surface area (Å²) in [6.07, 6.45) is 2.85. The van der Waals surface area contributed by atoms with E-state index in [4.69, 9.17) is 0 Å². The maximum atomic E-state index is 12.9. The second-order valence-electron chi connectivity index (χ2n) is 9.88. The summed E-state index contributed by atoms with van der Waals surface area (Å²) in [5, 5.41) is 3.11. The topological polar surface area (TPSA) is 73.0 Å². The highest BCUT2D eigenvalue weighted by molar-refractivity contribution is 5.97. The Morgan fingerprint density at radius 2 is 1.74 bits per heavy atom. The number of piperidine rings is 1. The Bertz CT molecular complexity index is 796. The lowest BCUT2D eigenvalue weighted by molar-refractivity contribution is -0.126. The van der Waals surface area contributed by atoms with E-state index in [0.717, 1.165) is 25.2 Å². The molecule has 2 saturated heterocycles. The lowest BCUT2D eigenvalue weighted by atomic mass is 9.91. The first-order valence-electron chi connectivity index (χ1n) is 11.3. The number of nitrogens with zero attached hydrogens (tertiary/aromatic N) is 3. The molecular formula is C24H36N4O3.